The van der Waals surface area contributed by atoms with Crippen LogP contribution in [0.2, 0.25) is 0 Å². The standard InChI is InChI=1S/C18H13N5O2/c24-17(14-8-4-7-13-9-19-11-21-16(13)14)20-10-15-22-18(25-23-15)12-5-2-1-3-6-12/h1-9,11H,10H2,(H,20,24). The largest absolute Gasteiger partial charge is 0.345 e. The molecule has 7 heteroatoms. The van der Waals surface area contributed by atoms with Gasteiger partial charge in [0.1, 0.15) is 6.33 Å². The summed E-state index contributed by atoms with van der Waals surface area (Å²) in [6.07, 6.45) is 3.09. The average Bonchev–Trinajstić information content (AvgIpc) is 3.15. The maximum atomic E-state index is 12.5. The van der Waals surface area contributed by atoms with E-state index in [2.05, 4.69) is 25.4 Å². The Morgan fingerprint density at radius 3 is 2.84 bits per heavy atom. The molecule has 0 atom stereocenters. The Bertz CT molecular complexity index is 1020. The van der Waals surface area contributed by atoms with Crippen LogP contribution in [-0.2, 0) is 6.54 Å². The summed E-state index contributed by atoms with van der Waals surface area (Å²) in [7, 11) is 0. The molecule has 122 valence electrons. The average molecular weight is 331 g/mol. The number of amides is 1. The molecule has 7 nitrogen and oxygen atoms in total. The monoisotopic (exact) mass is 331 g/mol. The van der Waals surface area contributed by atoms with Crippen molar-refractivity contribution in [2.45, 2.75) is 6.54 Å². The highest BCUT2D eigenvalue weighted by Crippen LogP contribution is 2.17. The van der Waals surface area contributed by atoms with Crippen LogP contribution < -0.4 is 5.32 Å². The van der Waals surface area contributed by atoms with Gasteiger partial charge in [0.15, 0.2) is 5.82 Å². The smallest absolute Gasteiger partial charge is 0.257 e. The minimum atomic E-state index is -0.254. The summed E-state index contributed by atoms with van der Waals surface area (Å²) >= 11 is 0. The maximum absolute atomic E-state index is 12.5. The lowest BCUT2D eigenvalue weighted by Crippen LogP contribution is -2.23. The second kappa shape index (κ2) is 6.48. The van der Waals surface area contributed by atoms with Gasteiger partial charge in [-0.3, -0.25) is 4.79 Å². The highest BCUT2D eigenvalue weighted by molar-refractivity contribution is 6.05. The highest BCUT2D eigenvalue weighted by Gasteiger charge is 2.13. The van der Waals surface area contributed by atoms with Gasteiger partial charge in [-0.25, -0.2) is 9.97 Å². The maximum Gasteiger partial charge on any atom is 0.257 e. The van der Waals surface area contributed by atoms with E-state index in [1.807, 2.05) is 36.4 Å². The van der Waals surface area contributed by atoms with E-state index in [0.29, 0.717) is 22.8 Å². The first-order chi connectivity index (χ1) is 12.3. The molecule has 0 radical (unpaired) electrons. The molecule has 1 amide bonds. The number of carbonyl (C=O) groups excluding carboxylic acids is 1. The Kier molecular flexibility index (Phi) is 3.88. The van der Waals surface area contributed by atoms with Crippen molar-refractivity contribution in [3.05, 3.63) is 72.4 Å². The molecule has 0 fully saturated rings. The number of hydrogen-bond donors (Lipinski definition) is 1. The first kappa shape index (κ1) is 14.9. The molecule has 4 rings (SSSR count). The fourth-order valence-electron chi connectivity index (χ4n) is 2.48. The minimum absolute atomic E-state index is 0.163. The third-order valence-electron chi connectivity index (χ3n) is 3.67. The first-order valence-electron chi connectivity index (χ1n) is 7.66. The second-order valence-corrected chi connectivity index (χ2v) is 5.33. The van der Waals surface area contributed by atoms with Gasteiger partial charge >= 0.3 is 0 Å². The van der Waals surface area contributed by atoms with Gasteiger partial charge in [0.25, 0.3) is 11.8 Å². The molecule has 0 saturated carbocycles. The number of carbonyl (C=O) groups is 1. The molecule has 25 heavy (non-hydrogen) atoms. The van der Waals surface area contributed by atoms with Crippen molar-refractivity contribution in [1.82, 2.24) is 25.4 Å². The summed E-state index contributed by atoms with van der Waals surface area (Å²) in [6, 6.07) is 14.8. The Labute approximate surface area is 142 Å². The Morgan fingerprint density at radius 1 is 1.08 bits per heavy atom. The molecule has 2 heterocycles. The first-order valence-corrected chi connectivity index (χ1v) is 7.66. The van der Waals surface area contributed by atoms with Gasteiger partial charge in [0, 0.05) is 17.1 Å². The Hall–Kier alpha value is -3.61. The molecule has 0 aliphatic carbocycles. The molecular weight excluding hydrogens is 318 g/mol. The summed E-state index contributed by atoms with van der Waals surface area (Å²) in [5.74, 6) is 0.570. The SMILES string of the molecule is O=C(NCc1noc(-c2ccccc2)n1)c1cccc2cncnc12. The molecule has 0 bridgehead atoms. The van der Waals surface area contributed by atoms with Gasteiger partial charge in [-0.1, -0.05) is 35.5 Å². The van der Waals surface area contributed by atoms with Crippen molar-refractivity contribution in [1.29, 1.82) is 0 Å². The zero-order chi connectivity index (χ0) is 17.1. The molecule has 4 aromatic rings. The van der Waals surface area contributed by atoms with Crippen LogP contribution in [0.25, 0.3) is 22.4 Å². The summed E-state index contributed by atoms with van der Waals surface area (Å²) in [5, 5.41) is 7.49. The van der Waals surface area contributed by atoms with Crippen molar-refractivity contribution in [2.75, 3.05) is 0 Å². The predicted molar refractivity (Wildman–Crippen MR) is 90.4 cm³/mol. The van der Waals surface area contributed by atoms with Crippen molar-refractivity contribution < 1.29 is 9.32 Å². The molecule has 0 unspecified atom stereocenters. The van der Waals surface area contributed by atoms with E-state index >= 15 is 0 Å². The Morgan fingerprint density at radius 2 is 1.96 bits per heavy atom. The van der Waals surface area contributed by atoms with Crippen LogP contribution in [0.4, 0.5) is 0 Å². The van der Waals surface area contributed by atoms with Crippen LogP contribution >= 0.6 is 0 Å². The van der Waals surface area contributed by atoms with Gasteiger partial charge < -0.3 is 9.84 Å². The summed E-state index contributed by atoms with van der Waals surface area (Å²) < 4.78 is 5.23. The second-order valence-electron chi connectivity index (χ2n) is 5.33. The van der Waals surface area contributed by atoms with E-state index in [0.717, 1.165) is 10.9 Å². The lowest BCUT2D eigenvalue weighted by Gasteiger charge is -2.05. The topological polar surface area (TPSA) is 93.8 Å². The fourth-order valence-corrected chi connectivity index (χ4v) is 2.48. The zero-order valence-electron chi connectivity index (χ0n) is 13.1. The van der Waals surface area contributed by atoms with E-state index in [-0.39, 0.29) is 12.5 Å². The number of fused-ring (bicyclic) bond motifs is 1. The van der Waals surface area contributed by atoms with Crippen LogP contribution in [0, 0.1) is 0 Å². The van der Waals surface area contributed by atoms with Crippen LogP contribution in [0.3, 0.4) is 0 Å². The normalized spacial score (nSPS) is 10.7. The molecule has 1 N–H and O–H groups in total. The summed E-state index contributed by atoms with van der Waals surface area (Å²) in [5.41, 5.74) is 1.91. The van der Waals surface area contributed by atoms with Gasteiger partial charge in [-0.15, -0.1) is 0 Å². The van der Waals surface area contributed by atoms with E-state index < -0.39 is 0 Å². The van der Waals surface area contributed by atoms with Gasteiger partial charge in [0.2, 0.25) is 0 Å². The molecule has 0 spiro atoms. The van der Waals surface area contributed by atoms with E-state index in [9.17, 15) is 4.79 Å². The van der Waals surface area contributed by atoms with Gasteiger partial charge in [0.05, 0.1) is 17.6 Å². The number of aromatic nitrogens is 4. The van der Waals surface area contributed by atoms with Crippen LogP contribution in [-0.4, -0.2) is 26.0 Å². The number of nitrogens with one attached hydrogen (secondary N) is 1. The van der Waals surface area contributed by atoms with Crippen molar-refractivity contribution in [3.63, 3.8) is 0 Å². The van der Waals surface area contributed by atoms with Crippen LogP contribution in [0.5, 0.6) is 0 Å². The number of benzene rings is 2. The summed E-state index contributed by atoms with van der Waals surface area (Å²) in [6.45, 7) is 0.163. The molecule has 0 saturated heterocycles. The Balaban J connectivity index is 1.50. The van der Waals surface area contributed by atoms with E-state index in [4.69, 9.17) is 4.52 Å². The van der Waals surface area contributed by atoms with E-state index in [1.165, 1.54) is 6.33 Å². The molecule has 0 aliphatic heterocycles. The van der Waals surface area contributed by atoms with Crippen molar-refractivity contribution >= 4 is 16.8 Å². The zero-order valence-corrected chi connectivity index (χ0v) is 13.1. The summed E-state index contributed by atoms with van der Waals surface area (Å²) in [4.78, 5) is 24.9. The highest BCUT2D eigenvalue weighted by atomic mass is 16.5. The van der Waals surface area contributed by atoms with Crippen LogP contribution in [0.15, 0.2) is 65.6 Å². The lowest BCUT2D eigenvalue weighted by molar-refractivity contribution is 0.0951. The molecule has 0 aliphatic rings. The lowest BCUT2D eigenvalue weighted by atomic mass is 10.1. The van der Waals surface area contributed by atoms with Gasteiger partial charge in [-0.2, -0.15) is 4.98 Å². The number of para-hydroxylation sites is 1. The predicted octanol–water partition coefficient (Wildman–Crippen LogP) is 2.61. The van der Waals surface area contributed by atoms with Crippen molar-refractivity contribution in [2.24, 2.45) is 0 Å². The van der Waals surface area contributed by atoms with E-state index in [1.54, 1.807) is 18.3 Å². The number of hydrogen-bond acceptors (Lipinski definition) is 6. The molecule has 2 aromatic carbocycles. The third-order valence-corrected chi connectivity index (χ3v) is 3.67. The fraction of sp³-hybridized carbons (Fsp3) is 0.0556. The van der Waals surface area contributed by atoms with Crippen LogP contribution in [0.1, 0.15) is 16.2 Å². The third kappa shape index (κ3) is 3.07. The molecular formula is C18H13N5O2. The van der Waals surface area contributed by atoms with Gasteiger partial charge in [-0.05, 0) is 18.2 Å². The number of rotatable bonds is 4. The minimum Gasteiger partial charge on any atom is -0.345 e. The van der Waals surface area contributed by atoms with Crippen molar-refractivity contribution in [3.8, 4) is 11.5 Å². The number of nitrogens with zero attached hydrogens (tertiary/aromatic N) is 4. The molecule has 2 aromatic heterocycles. The quantitative estimate of drug-likeness (QED) is 0.618.